The average Bonchev–Trinajstić information content (AvgIpc) is 2.83. The monoisotopic (exact) mass is 528 g/mol. The van der Waals surface area contributed by atoms with E-state index in [1.165, 1.54) is 7.11 Å². The molecular weight excluding hydrogens is 503 g/mol. The highest BCUT2D eigenvalue weighted by atomic mass is 35.5. The number of thiocarbonyl (C=S) groups is 1. The maximum Gasteiger partial charge on any atom is 0.328 e. The smallest absolute Gasteiger partial charge is 0.328 e. The van der Waals surface area contributed by atoms with Crippen molar-refractivity contribution in [2.45, 2.75) is 32.7 Å². The lowest BCUT2D eigenvalue weighted by molar-refractivity contribution is -0.142. The van der Waals surface area contributed by atoms with E-state index in [-0.39, 0.29) is 15.6 Å². The van der Waals surface area contributed by atoms with Crippen molar-refractivity contribution in [3.05, 3.63) is 98.5 Å². The number of rotatable bonds is 8. The summed E-state index contributed by atoms with van der Waals surface area (Å²) in [6, 6.07) is 17.4. The van der Waals surface area contributed by atoms with Gasteiger partial charge in [0.1, 0.15) is 11.0 Å². The van der Waals surface area contributed by atoms with Crippen LogP contribution in [0.5, 0.6) is 0 Å². The summed E-state index contributed by atoms with van der Waals surface area (Å²) < 4.78 is 5.01. The van der Waals surface area contributed by atoms with E-state index in [9.17, 15) is 9.59 Å². The van der Waals surface area contributed by atoms with Crippen molar-refractivity contribution in [3.63, 3.8) is 0 Å². The van der Waals surface area contributed by atoms with Crippen LogP contribution in [0.3, 0.4) is 0 Å². The zero-order valence-corrected chi connectivity index (χ0v) is 22.0. The van der Waals surface area contributed by atoms with E-state index in [0.717, 1.165) is 28.7 Å². The number of hydrogen-bond donors (Lipinski definition) is 2. The molecule has 8 heteroatoms. The second-order valence-corrected chi connectivity index (χ2v) is 9.19. The molecule has 0 bridgehead atoms. The Kier molecular flexibility index (Phi) is 9.26. The molecule has 1 atom stereocenters. The predicted molar refractivity (Wildman–Crippen MR) is 146 cm³/mol. The molecule has 35 heavy (non-hydrogen) atoms. The van der Waals surface area contributed by atoms with Crippen molar-refractivity contribution in [1.82, 2.24) is 5.32 Å². The van der Waals surface area contributed by atoms with Gasteiger partial charge >= 0.3 is 5.97 Å². The predicted octanol–water partition coefficient (Wildman–Crippen LogP) is 6.17. The lowest BCUT2D eigenvalue weighted by Crippen LogP contribution is -2.43. The summed E-state index contributed by atoms with van der Waals surface area (Å²) in [7, 11) is 1.35. The quantitative estimate of drug-likeness (QED) is 0.270. The fraction of sp³-hybridized carbons (Fsp3) is 0.222. The number of halogens is 2. The highest BCUT2D eigenvalue weighted by Gasteiger charge is 2.23. The van der Waals surface area contributed by atoms with Gasteiger partial charge in [0.25, 0.3) is 5.91 Å². The standard InChI is InChI=1S/C27H26Cl2N2O3S/c1-4-18-8-5-7-16(2)23(18)26(35)31-22(27(33)34-3)15-17-11-13-19(14-12-17)30-25(32)24-20(28)9-6-10-21(24)29/h5-14,22H,4,15H2,1-3H3,(H,30,32)(H,31,35)/t22-/m0/s1. The number of benzene rings is 3. The minimum atomic E-state index is -0.667. The Morgan fingerprint density at radius 1 is 0.971 bits per heavy atom. The molecule has 3 aromatic carbocycles. The molecule has 5 nitrogen and oxygen atoms in total. The number of carbonyl (C=O) groups is 2. The first-order valence-corrected chi connectivity index (χ1v) is 12.2. The Bertz CT molecular complexity index is 1230. The Labute approximate surface area is 220 Å². The van der Waals surface area contributed by atoms with E-state index in [4.69, 9.17) is 40.2 Å². The first kappa shape index (κ1) is 26.7. The lowest BCUT2D eigenvalue weighted by Gasteiger charge is -2.21. The van der Waals surface area contributed by atoms with Crippen LogP contribution in [0.25, 0.3) is 0 Å². The third kappa shape index (κ3) is 6.60. The summed E-state index contributed by atoms with van der Waals surface area (Å²) >= 11 is 17.9. The Morgan fingerprint density at radius 3 is 2.20 bits per heavy atom. The van der Waals surface area contributed by atoms with E-state index in [1.807, 2.05) is 37.3 Å². The van der Waals surface area contributed by atoms with Crippen LogP contribution in [-0.2, 0) is 22.4 Å². The first-order chi connectivity index (χ1) is 16.7. The number of carbonyl (C=O) groups excluding carboxylic acids is 2. The molecule has 3 rings (SSSR count). The highest BCUT2D eigenvalue weighted by molar-refractivity contribution is 7.80. The molecule has 0 aromatic heterocycles. The molecule has 0 heterocycles. The molecule has 2 N–H and O–H groups in total. The molecule has 0 saturated heterocycles. The van der Waals surface area contributed by atoms with Gasteiger partial charge in [0.05, 0.1) is 22.7 Å². The molecule has 182 valence electrons. The number of aryl methyl sites for hydroxylation is 2. The second-order valence-electron chi connectivity index (χ2n) is 7.96. The number of anilines is 1. The van der Waals surface area contributed by atoms with Gasteiger partial charge < -0.3 is 15.4 Å². The van der Waals surface area contributed by atoms with Crippen molar-refractivity contribution in [3.8, 4) is 0 Å². The van der Waals surface area contributed by atoms with Crippen molar-refractivity contribution in [1.29, 1.82) is 0 Å². The molecular formula is C27H26Cl2N2O3S. The molecule has 0 fully saturated rings. The largest absolute Gasteiger partial charge is 0.467 e. The molecule has 0 aliphatic rings. The van der Waals surface area contributed by atoms with Gasteiger partial charge in [0, 0.05) is 17.7 Å². The fourth-order valence-electron chi connectivity index (χ4n) is 3.78. The van der Waals surface area contributed by atoms with Crippen molar-refractivity contribution in [2.75, 3.05) is 12.4 Å². The van der Waals surface area contributed by atoms with Gasteiger partial charge in [-0.3, -0.25) is 4.79 Å². The molecule has 0 unspecified atom stereocenters. The molecule has 0 radical (unpaired) electrons. The maximum absolute atomic E-state index is 12.6. The maximum atomic E-state index is 12.6. The SMILES string of the molecule is CCc1cccc(C)c1C(=S)N[C@@H](Cc1ccc(NC(=O)c2c(Cl)cccc2Cl)cc1)C(=O)OC. The van der Waals surface area contributed by atoms with Crippen LogP contribution in [0.1, 0.15) is 39.5 Å². The van der Waals surface area contributed by atoms with Gasteiger partial charge in [0.15, 0.2) is 0 Å². The normalized spacial score (nSPS) is 11.5. The van der Waals surface area contributed by atoms with Gasteiger partial charge in [-0.05, 0) is 54.3 Å². The molecule has 1 amide bonds. The van der Waals surface area contributed by atoms with Crippen LogP contribution < -0.4 is 10.6 Å². The van der Waals surface area contributed by atoms with E-state index in [0.29, 0.717) is 17.1 Å². The molecule has 0 spiro atoms. The number of esters is 1. The second kappa shape index (κ2) is 12.2. The Morgan fingerprint density at radius 2 is 1.60 bits per heavy atom. The number of amides is 1. The zero-order valence-electron chi connectivity index (χ0n) is 19.7. The highest BCUT2D eigenvalue weighted by Crippen LogP contribution is 2.25. The number of ether oxygens (including phenoxy) is 1. The fourth-order valence-corrected chi connectivity index (χ4v) is 4.79. The van der Waals surface area contributed by atoms with Gasteiger partial charge in [-0.2, -0.15) is 0 Å². The minimum absolute atomic E-state index is 0.214. The topological polar surface area (TPSA) is 67.4 Å². The summed E-state index contributed by atoms with van der Waals surface area (Å²) in [6.45, 7) is 4.07. The van der Waals surface area contributed by atoms with Crippen LogP contribution in [0.4, 0.5) is 5.69 Å². The van der Waals surface area contributed by atoms with Crippen LogP contribution >= 0.6 is 35.4 Å². The summed E-state index contributed by atoms with van der Waals surface area (Å²) in [5.41, 5.74) is 4.75. The van der Waals surface area contributed by atoms with Gasteiger partial charge in [-0.15, -0.1) is 0 Å². The summed E-state index contributed by atoms with van der Waals surface area (Å²) in [5.74, 6) is -0.817. The van der Waals surface area contributed by atoms with E-state index in [1.54, 1.807) is 30.3 Å². The van der Waals surface area contributed by atoms with E-state index >= 15 is 0 Å². The lowest BCUT2D eigenvalue weighted by atomic mass is 9.99. The van der Waals surface area contributed by atoms with Crippen LogP contribution in [0.15, 0.2) is 60.7 Å². The minimum Gasteiger partial charge on any atom is -0.467 e. The number of nitrogens with one attached hydrogen (secondary N) is 2. The third-order valence-corrected chi connectivity index (χ3v) is 6.55. The van der Waals surface area contributed by atoms with Crippen LogP contribution in [0.2, 0.25) is 10.0 Å². The van der Waals surface area contributed by atoms with Crippen molar-refractivity contribution in [2.24, 2.45) is 0 Å². The van der Waals surface area contributed by atoms with Gasteiger partial charge in [0.2, 0.25) is 0 Å². The van der Waals surface area contributed by atoms with Crippen LogP contribution in [-0.4, -0.2) is 30.0 Å². The Hall–Kier alpha value is -2.93. The number of methoxy groups -OCH3 is 1. The summed E-state index contributed by atoms with van der Waals surface area (Å²) in [5, 5.41) is 6.52. The van der Waals surface area contributed by atoms with E-state index < -0.39 is 17.9 Å². The van der Waals surface area contributed by atoms with Crippen LogP contribution in [0, 0.1) is 6.92 Å². The molecule has 3 aromatic rings. The molecule has 0 aliphatic heterocycles. The summed E-state index contributed by atoms with van der Waals surface area (Å²) in [4.78, 5) is 25.7. The number of hydrogen-bond acceptors (Lipinski definition) is 4. The molecule has 0 aliphatic carbocycles. The first-order valence-electron chi connectivity index (χ1n) is 11.1. The van der Waals surface area contributed by atoms with Crippen molar-refractivity contribution < 1.29 is 14.3 Å². The Balaban J connectivity index is 1.74. The summed E-state index contributed by atoms with van der Waals surface area (Å²) in [6.07, 6.45) is 1.18. The van der Waals surface area contributed by atoms with Gasteiger partial charge in [-0.1, -0.05) is 78.7 Å². The third-order valence-electron chi connectivity index (χ3n) is 5.60. The van der Waals surface area contributed by atoms with Gasteiger partial charge in [-0.25, -0.2) is 4.79 Å². The zero-order chi connectivity index (χ0) is 25.5. The molecule has 0 saturated carbocycles. The average molecular weight is 529 g/mol. The van der Waals surface area contributed by atoms with Crippen molar-refractivity contribution >= 4 is 58.0 Å². The van der Waals surface area contributed by atoms with E-state index in [2.05, 4.69) is 17.6 Å².